The summed E-state index contributed by atoms with van der Waals surface area (Å²) in [7, 11) is 0. The van der Waals surface area contributed by atoms with Crippen LogP contribution in [0.25, 0.3) is 10.9 Å². The Morgan fingerprint density at radius 3 is 2.71 bits per heavy atom. The van der Waals surface area contributed by atoms with Crippen LogP contribution in [0, 0.1) is 11.8 Å². The molecular formula is C14H14N4O3. The monoisotopic (exact) mass is 286 g/mol. The number of nitrogens with one attached hydrogen (secondary N) is 2. The lowest BCUT2D eigenvalue weighted by molar-refractivity contribution is 0.100. The fourth-order valence-corrected chi connectivity index (χ4v) is 1.97. The fraction of sp³-hybridized carbons (Fsp3) is 0.143. The average Bonchev–Trinajstić information content (AvgIpc) is 2.75. The number of aromatic amines is 1. The molecule has 0 radical (unpaired) electrons. The second kappa shape index (κ2) is 5.98. The molecule has 2 aromatic rings. The number of carbonyl (C=O) groups is 2. The second-order valence-electron chi connectivity index (χ2n) is 4.26. The number of aliphatic hydroxyl groups excluding tert-OH is 1. The van der Waals surface area contributed by atoms with Crippen molar-refractivity contribution in [3.05, 3.63) is 29.3 Å². The first-order valence-corrected chi connectivity index (χ1v) is 6.14. The van der Waals surface area contributed by atoms with Gasteiger partial charge in [0.05, 0.1) is 12.2 Å². The van der Waals surface area contributed by atoms with Gasteiger partial charge in [0.15, 0.2) is 0 Å². The quantitative estimate of drug-likeness (QED) is 0.525. The van der Waals surface area contributed by atoms with Crippen LogP contribution in [0.15, 0.2) is 18.2 Å². The summed E-state index contributed by atoms with van der Waals surface area (Å²) in [6, 6.07) is 4.33. The van der Waals surface area contributed by atoms with Crippen LogP contribution in [0.1, 0.15) is 22.3 Å². The highest BCUT2D eigenvalue weighted by atomic mass is 16.2. The van der Waals surface area contributed by atoms with Crippen molar-refractivity contribution in [3.8, 4) is 11.8 Å². The maximum absolute atomic E-state index is 11.5. The predicted molar refractivity (Wildman–Crippen MR) is 78.6 cm³/mol. The summed E-state index contributed by atoms with van der Waals surface area (Å²) >= 11 is 0. The largest absolute Gasteiger partial charge is 0.395 e. The van der Waals surface area contributed by atoms with Crippen LogP contribution >= 0.6 is 0 Å². The number of primary amides is 2. The van der Waals surface area contributed by atoms with Crippen molar-refractivity contribution in [1.29, 1.82) is 0 Å². The van der Waals surface area contributed by atoms with Crippen LogP contribution in [-0.2, 0) is 0 Å². The van der Waals surface area contributed by atoms with E-state index < -0.39 is 11.9 Å². The number of urea groups is 1. The Bertz CT molecular complexity index is 768. The van der Waals surface area contributed by atoms with E-state index in [1.54, 1.807) is 18.2 Å². The molecule has 0 unspecified atom stereocenters. The first-order chi connectivity index (χ1) is 10.0. The van der Waals surface area contributed by atoms with E-state index in [1.807, 2.05) is 0 Å². The molecule has 0 atom stereocenters. The Kier molecular flexibility index (Phi) is 4.11. The van der Waals surface area contributed by atoms with E-state index in [0.29, 0.717) is 22.9 Å². The number of hydrogen-bond donors (Lipinski definition) is 5. The van der Waals surface area contributed by atoms with E-state index in [1.165, 1.54) is 0 Å². The highest BCUT2D eigenvalue weighted by Crippen LogP contribution is 2.26. The second-order valence-corrected chi connectivity index (χ2v) is 4.26. The van der Waals surface area contributed by atoms with Gasteiger partial charge in [0.25, 0.3) is 5.91 Å². The van der Waals surface area contributed by atoms with Crippen molar-refractivity contribution >= 4 is 28.7 Å². The zero-order valence-corrected chi connectivity index (χ0v) is 11.1. The Labute approximate surface area is 120 Å². The van der Waals surface area contributed by atoms with Gasteiger partial charge < -0.3 is 21.6 Å². The third-order valence-electron chi connectivity index (χ3n) is 2.76. The molecule has 1 aromatic heterocycles. The summed E-state index contributed by atoms with van der Waals surface area (Å²) in [6.45, 7) is -0.00372. The highest BCUT2D eigenvalue weighted by Gasteiger charge is 2.17. The molecule has 0 bridgehead atoms. The van der Waals surface area contributed by atoms with Crippen LogP contribution in [0.5, 0.6) is 0 Å². The molecule has 0 saturated heterocycles. The van der Waals surface area contributed by atoms with Gasteiger partial charge in [-0.3, -0.25) is 10.1 Å². The van der Waals surface area contributed by atoms with E-state index in [-0.39, 0.29) is 18.0 Å². The normalized spacial score (nSPS) is 9.95. The molecule has 2 rings (SSSR count). The Morgan fingerprint density at radius 1 is 1.33 bits per heavy atom. The van der Waals surface area contributed by atoms with E-state index in [2.05, 4.69) is 22.1 Å². The number of amides is 3. The smallest absolute Gasteiger partial charge is 0.317 e. The molecule has 1 aromatic carbocycles. The van der Waals surface area contributed by atoms with Crippen molar-refractivity contribution < 1.29 is 14.7 Å². The molecular weight excluding hydrogens is 272 g/mol. The SMILES string of the molecule is NC(=O)Nc1[nH]c2cc(C#CCCO)ccc2c1C(N)=O. The average molecular weight is 286 g/mol. The summed E-state index contributed by atoms with van der Waals surface area (Å²) in [5.41, 5.74) is 11.9. The number of benzene rings is 1. The van der Waals surface area contributed by atoms with E-state index in [0.717, 1.165) is 0 Å². The molecule has 0 spiro atoms. The summed E-state index contributed by atoms with van der Waals surface area (Å²) < 4.78 is 0. The third kappa shape index (κ3) is 3.13. The van der Waals surface area contributed by atoms with Crippen molar-refractivity contribution in [2.45, 2.75) is 6.42 Å². The summed E-state index contributed by atoms with van der Waals surface area (Å²) in [5, 5.41) is 11.6. The molecule has 7 nitrogen and oxygen atoms in total. The number of nitrogens with two attached hydrogens (primary N) is 2. The molecule has 3 amide bonds. The molecule has 7 N–H and O–H groups in total. The molecule has 1 heterocycles. The van der Waals surface area contributed by atoms with Gasteiger partial charge in [-0.25, -0.2) is 4.79 Å². The lowest BCUT2D eigenvalue weighted by atomic mass is 10.1. The maximum atomic E-state index is 11.5. The van der Waals surface area contributed by atoms with Gasteiger partial charge in [-0.15, -0.1) is 0 Å². The van der Waals surface area contributed by atoms with E-state index in [9.17, 15) is 9.59 Å². The Balaban J connectivity index is 2.52. The maximum Gasteiger partial charge on any atom is 0.317 e. The number of rotatable bonds is 3. The number of carbonyl (C=O) groups excluding carboxylic acids is 2. The minimum absolute atomic E-state index is 0.00372. The van der Waals surface area contributed by atoms with Gasteiger partial charge in [0, 0.05) is 22.9 Å². The summed E-state index contributed by atoms with van der Waals surface area (Å²) in [5.74, 6) is 5.16. The first kappa shape index (κ1) is 14.4. The fourth-order valence-electron chi connectivity index (χ4n) is 1.97. The topological polar surface area (TPSA) is 134 Å². The zero-order valence-electron chi connectivity index (χ0n) is 11.1. The van der Waals surface area contributed by atoms with Gasteiger partial charge in [-0.05, 0) is 12.1 Å². The van der Waals surface area contributed by atoms with E-state index >= 15 is 0 Å². The van der Waals surface area contributed by atoms with E-state index in [4.69, 9.17) is 16.6 Å². The number of H-pyrrole nitrogens is 1. The molecule has 0 aliphatic rings. The standard InChI is InChI=1S/C14H14N4O3/c15-12(20)11-9-5-4-8(3-1-2-6-19)7-10(9)17-13(11)18-14(16)21/h4-5,7,17,19H,2,6H2,(H2,15,20)(H3,16,18,21). The number of aromatic nitrogens is 1. The van der Waals surface area contributed by atoms with Gasteiger partial charge in [-0.2, -0.15) is 0 Å². The number of hydrogen-bond acceptors (Lipinski definition) is 3. The van der Waals surface area contributed by atoms with Crippen molar-refractivity contribution in [3.63, 3.8) is 0 Å². The minimum atomic E-state index is -0.799. The Morgan fingerprint density at radius 2 is 2.10 bits per heavy atom. The third-order valence-corrected chi connectivity index (χ3v) is 2.76. The van der Waals surface area contributed by atoms with Crippen molar-refractivity contribution in [1.82, 2.24) is 4.98 Å². The van der Waals surface area contributed by atoms with Crippen LogP contribution in [-0.4, -0.2) is 28.6 Å². The van der Waals surface area contributed by atoms with Crippen LogP contribution in [0.4, 0.5) is 10.6 Å². The Hall–Kier alpha value is -2.98. The number of anilines is 1. The predicted octanol–water partition coefficient (Wildman–Crippen LogP) is 0.491. The molecule has 0 aliphatic carbocycles. The van der Waals surface area contributed by atoms with Crippen molar-refractivity contribution in [2.24, 2.45) is 11.5 Å². The van der Waals surface area contributed by atoms with Crippen molar-refractivity contribution in [2.75, 3.05) is 11.9 Å². The summed E-state index contributed by atoms with van der Waals surface area (Å²) in [4.78, 5) is 25.4. The molecule has 7 heteroatoms. The molecule has 108 valence electrons. The zero-order chi connectivity index (χ0) is 15.4. The lowest BCUT2D eigenvalue weighted by Gasteiger charge is -2.00. The molecule has 21 heavy (non-hydrogen) atoms. The number of fused-ring (bicyclic) bond motifs is 1. The number of aliphatic hydroxyl groups is 1. The molecule has 0 aliphatic heterocycles. The highest BCUT2D eigenvalue weighted by molar-refractivity contribution is 6.13. The summed E-state index contributed by atoms with van der Waals surface area (Å²) in [6.07, 6.45) is 0.379. The van der Waals surface area contributed by atoms with Gasteiger partial charge in [0.1, 0.15) is 5.82 Å². The lowest BCUT2D eigenvalue weighted by Crippen LogP contribution is -2.22. The van der Waals surface area contributed by atoms with Gasteiger partial charge in [0.2, 0.25) is 0 Å². The minimum Gasteiger partial charge on any atom is -0.395 e. The molecule has 0 saturated carbocycles. The van der Waals surface area contributed by atoms with Crippen LogP contribution in [0.3, 0.4) is 0 Å². The molecule has 0 fully saturated rings. The van der Waals surface area contributed by atoms with Gasteiger partial charge >= 0.3 is 6.03 Å². The van der Waals surface area contributed by atoms with Gasteiger partial charge in [-0.1, -0.05) is 17.9 Å². The van der Waals surface area contributed by atoms with Crippen LogP contribution < -0.4 is 16.8 Å². The first-order valence-electron chi connectivity index (χ1n) is 6.14. The van der Waals surface area contributed by atoms with Crippen LogP contribution in [0.2, 0.25) is 0 Å².